The number of carbonyl (C=O) groups excluding carboxylic acids is 2. The molecule has 6 rings (SSSR count). The van der Waals surface area contributed by atoms with Crippen molar-refractivity contribution in [3.63, 3.8) is 0 Å². The zero-order valence-corrected chi connectivity index (χ0v) is 32.6. The summed E-state index contributed by atoms with van der Waals surface area (Å²) in [5.74, 6) is -0.684. The van der Waals surface area contributed by atoms with Gasteiger partial charge in [-0.3, -0.25) is 13.9 Å². The zero-order chi connectivity index (χ0) is 41.5. The number of ether oxygens (including phenoxy) is 6. The summed E-state index contributed by atoms with van der Waals surface area (Å²) in [6.07, 6.45) is -4.69. The molecule has 304 valence electrons. The van der Waals surface area contributed by atoms with Crippen LogP contribution in [0.2, 0.25) is 0 Å². The molecule has 0 unspecified atom stereocenters. The van der Waals surface area contributed by atoms with Crippen LogP contribution in [0, 0.1) is 0 Å². The number of aromatic nitrogens is 2. The Labute approximate surface area is 333 Å². The van der Waals surface area contributed by atoms with Gasteiger partial charge >= 0.3 is 19.3 Å². The molecule has 1 aliphatic heterocycles. The molecule has 4 N–H and O–H groups in total. The summed E-state index contributed by atoms with van der Waals surface area (Å²) in [4.78, 5) is 64.7. The fourth-order valence-corrected chi connectivity index (χ4v) is 7.83. The van der Waals surface area contributed by atoms with E-state index < -0.39 is 67.8 Å². The maximum atomic E-state index is 13.6. The highest BCUT2D eigenvalue weighted by Crippen LogP contribution is 2.60. The van der Waals surface area contributed by atoms with E-state index in [0.717, 1.165) is 10.8 Å². The number of hydrogen-bond donors (Lipinski definition) is 4. The number of benzene rings is 4. The summed E-state index contributed by atoms with van der Waals surface area (Å²) in [5.41, 5.74) is -0.742. The number of aliphatic hydroxyl groups is 1. The first-order valence-electron chi connectivity index (χ1n) is 18.0. The fraction of sp³-hybridized carbons (Fsp3) is 0.268. The Morgan fingerprint density at radius 3 is 2.02 bits per heavy atom. The molecule has 4 atom stereocenters. The predicted molar refractivity (Wildman–Crippen MR) is 208 cm³/mol. The molecule has 1 fully saturated rings. The van der Waals surface area contributed by atoms with Gasteiger partial charge in [-0.1, -0.05) is 72.8 Å². The van der Waals surface area contributed by atoms with Gasteiger partial charge in [-0.2, -0.15) is 4.98 Å². The lowest BCUT2D eigenvalue weighted by molar-refractivity contribution is -0.156. The van der Waals surface area contributed by atoms with Crippen LogP contribution >= 0.6 is 7.60 Å². The lowest BCUT2D eigenvalue weighted by atomic mass is 9.79. The Balaban J connectivity index is 1.45. The van der Waals surface area contributed by atoms with Crippen LogP contribution < -0.4 is 20.5 Å². The molecule has 0 saturated carbocycles. The summed E-state index contributed by atoms with van der Waals surface area (Å²) in [5, 5.41) is 11.6. The van der Waals surface area contributed by atoms with Crippen LogP contribution in [-0.2, 0) is 33.9 Å². The van der Waals surface area contributed by atoms with Crippen molar-refractivity contribution in [2.24, 2.45) is 0 Å². The zero-order valence-electron chi connectivity index (χ0n) is 31.7. The lowest BCUT2D eigenvalue weighted by Crippen LogP contribution is -2.52. The molecule has 16 nitrogen and oxygen atoms in total. The largest absolute Gasteiger partial charge is 0.497 e. The number of rotatable bonds is 16. The molecule has 4 aromatic carbocycles. The number of carbonyl (C=O) groups is 2. The highest BCUT2D eigenvalue weighted by molar-refractivity contribution is 7.53. The van der Waals surface area contributed by atoms with Crippen LogP contribution in [0.25, 0.3) is 0 Å². The van der Waals surface area contributed by atoms with Crippen LogP contribution in [0.15, 0.2) is 126 Å². The standard InChI is InChI=1S/C41H42N3O13P/c1-4-54-35(45)26-55-36-38(44-22-21-34(43-39(44)47)42-37(46)27-13-7-5-8-14-27)57-33(41(36,48)58(49,50)51)25-56-40(28-15-9-6-10-16-28,29-17-11-19-31(23-29)52-2)30-18-12-20-32(24-30)53-3/h5-24,33,36,38,48H,4,25-26H2,1-3H3,(H2,49,50,51)(H,42,43,46,47)/t33-,36+,38-,41+/m1/s1. The number of methoxy groups -OCH3 is 2. The van der Waals surface area contributed by atoms with Crippen LogP contribution in [-0.4, -0.2) is 87.9 Å². The van der Waals surface area contributed by atoms with Gasteiger partial charge in [0.2, 0.25) is 5.34 Å². The molecule has 2 heterocycles. The molecule has 17 heteroatoms. The van der Waals surface area contributed by atoms with Crippen molar-refractivity contribution < 1.29 is 57.5 Å². The van der Waals surface area contributed by atoms with E-state index in [0.29, 0.717) is 33.8 Å². The minimum Gasteiger partial charge on any atom is -0.497 e. The van der Waals surface area contributed by atoms with Gasteiger partial charge < -0.3 is 48.6 Å². The average molecular weight is 816 g/mol. The first-order valence-corrected chi connectivity index (χ1v) is 19.6. The van der Waals surface area contributed by atoms with Gasteiger partial charge in [-0.25, -0.2) is 9.59 Å². The monoisotopic (exact) mass is 815 g/mol. The molecular weight excluding hydrogens is 773 g/mol. The van der Waals surface area contributed by atoms with Crippen LogP contribution in [0.5, 0.6) is 11.5 Å². The third-order valence-electron chi connectivity index (χ3n) is 9.57. The highest BCUT2D eigenvalue weighted by Gasteiger charge is 2.67. The minimum atomic E-state index is -5.73. The Morgan fingerprint density at radius 2 is 1.47 bits per heavy atom. The summed E-state index contributed by atoms with van der Waals surface area (Å²) < 4.78 is 49.2. The number of amides is 1. The van der Waals surface area contributed by atoms with Gasteiger partial charge in [-0.05, 0) is 66.1 Å². The molecule has 0 radical (unpaired) electrons. The molecule has 1 amide bonds. The number of nitrogens with zero attached hydrogens (tertiary/aromatic N) is 2. The van der Waals surface area contributed by atoms with Crippen LogP contribution in [0.3, 0.4) is 0 Å². The SMILES string of the molecule is CCOC(=O)CO[C@H]1[C@H](n2ccc(NC(=O)c3ccccc3)nc2=O)O[C@H](COC(c2ccccc2)(c2cccc(OC)c2)c2cccc(OC)c2)[C@]1(O)P(=O)(O)O. The van der Waals surface area contributed by atoms with Crippen molar-refractivity contribution >= 4 is 25.3 Å². The summed E-state index contributed by atoms with van der Waals surface area (Å²) >= 11 is 0. The van der Waals surface area contributed by atoms with Crippen LogP contribution in [0.4, 0.5) is 5.82 Å². The van der Waals surface area contributed by atoms with Gasteiger partial charge in [0.1, 0.15) is 41.7 Å². The fourth-order valence-electron chi connectivity index (χ4n) is 6.79. The van der Waals surface area contributed by atoms with E-state index in [4.69, 9.17) is 28.4 Å². The van der Waals surface area contributed by atoms with Crippen LogP contribution in [0.1, 0.15) is 40.2 Å². The second-order valence-corrected chi connectivity index (χ2v) is 14.8. The lowest BCUT2D eigenvalue weighted by Gasteiger charge is -2.39. The Kier molecular flexibility index (Phi) is 12.9. The number of hydrogen-bond acceptors (Lipinski definition) is 12. The maximum Gasteiger partial charge on any atom is 0.362 e. The van der Waals surface area contributed by atoms with E-state index in [1.165, 1.54) is 20.3 Å². The second kappa shape index (κ2) is 17.8. The number of nitrogens with one attached hydrogen (secondary N) is 1. The van der Waals surface area contributed by atoms with Crippen molar-refractivity contribution in [3.8, 4) is 11.5 Å². The van der Waals surface area contributed by atoms with Gasteiger partial charge in [0, 0.05) is 11.8 Å². The third kappa shape index (κ3) is 8.44. The summed E-state index contributed by atoms with van der Waals surface area (Å²) in [6, 6.07) is 32.4. The normalized spacial score (nSPS) is 19.3. The van der Waals surface area contributed by atoms with Gasteiger partial charge in [0.25, 0.3) is 5.91 Å². The Bertz CT molecular complexity index is 2270. The van der Waals surface area contributed by atoms with Gasteiger partial charge in [0.05, 0.1) is 27.4 Å². The average Bonchev–Trinajstić information content (AvgIpc) is 3.52. The Morgan fingerprint density at radius 1 is 0.879 bits per heavy atom. The van der Waals surface area contributed by atoms with Crippen molar-refractivity contribution in [3.05, 3.63) is 154 Å². The smallest absolute Gasteiger partial charge is 0.362 e. The predicted octanol–water partition coefficient (Wildman–Crippen LogP) is 4.23. The molecule has 5 aromatic rings. The van der Waals surface area contributed by atoms with E-state index in [2.05, 4.69) is 10.3 Å². The molecule has 1 saturated heterocycles. The molecule has 1 aromatic heterocycles. The molecule has 0 bridgehead atoms. The molecule has 0 aliphatic carbocycles. The molecule has 1 aliphatic rings. The van der Waals surface area contributed by atoms with Crippen molar-refractivity contribution in [1.82, 2.24) is 9.55 Å². The molecule has 58 heavy (non-hydrogen) atoms. The van der Waals surface area contributed by atoms with E-state index in [1.807, 2.05) is 0 Å². The van der Waals surface area contributed by atoms with E-state index >= 15 is 0 Å². The molecule has 0 spiro atoms. The van der Waals surface area contributed by atoms with E-state index in [-0.39, 0.29) is 12.4 Å². The first kappa shape index (κ1) is 41.9. The highest BCUT2D eigenvalue weighted by atomic mass is 31.2. The number of esters is 1. The van der Waals surface area contributed by atoms with Crippen molar-refractivity contribution in [1.29, 1.82) is 0 Å². The third-order valence-corrected chi connectivity index (χ3v) is 11.0. The van der Waals surface area contributed by atoms with E-state index in [9.17, 15) is 33.8 Å². The van der Waals surface area contributed by atoms with Gasteiger partial charge in [-0.15, -0.1) is 0 Å². The summed E-state index contributed by atoms with van der Waals surface area (Å²) in [6.45, 7) is -0.120. The number of anilines is 1. The van der Waals surface area contributed by atoms with Gasteiger partial charge in [0.15, 0.2) is 6.23 Å². The second-order valence-electron chi connectivity index (χ2n) is 13.0. The summed E-state index contributed by atoms with van der Waals surface area (Å²) in [7, 11) is -2.73. The quantitative estimate of drug-likeness (QED) is 0.0624. The van der Waals surface area contributed by atoms with E-state index in [1.54, 1.807) is 116 Å². The first-order chi connectivity index (χ1) is 27.8. The Hall–Kier alpha value is -5.71. The maximum absolute atomic E-state index is 13.6. The molecular formula is C41H42N3O13P. The van der Waals surface area contributed by atoms with Crippen molar-refractivity contribution in [2.45, 2.75) is 36.3 Å². The topological polar surface area (TPSA) is 214 Å². The minimum absolute atomic E-state index is 0.0400. The van der Waals surface area contributed by atoms with Crippen molar-refractivity contribution in [2.75, 3.05) is 39.4 Å².